The zero-order valence-electron chi connectivity index (χ0n) is 17.5. The number of aliphatic hydroxyl groups excluding tert-OH is 1. The normalized spacial score (nSPS) is 11.1. The van der Waals surface area contributed by atoms with Gasteiger partial charge < -0.3 is 9.84 Å². The SMILES string of the molecule is CCSCSCSCCOC(=O)CCSCSCSCCCOOCSCSCO. The summed E-state index contributed by atoms with van der Waals surface area (Å²) in [6, 6.07) is 0. The molecule has 0 amide bonds. The van der Waals surface area contributed by atoms with Gasteiger partial charge in [-0.15, -0.1) is 58.8 Å². The Hall–Kier alpha value is 2.15. The van der Waals surface area contributed by atoms with Crippen LogP contribution in [0.3, 0.4) is 0 Å². The molecule has 0 saturated carbocycles. The van der Waals surface area contributed by atoms with Crippen LogP contribution in [0, 0.1) is 0 Å². The summed E-state index contributed by atoms with van der Waals surface area (Å²) in [6.07, 6.45) is 1.47. The van der Waals surface area contributed by atoms with E-state index in [0.717, 1.165) is 49.1 Å². The smallest absolute Gasteiger partial charge is 0.306 e. The molecule has 0 aliphatic heterocycles. The molecule has 13 heteroatoms. The molecule has 0 aliphatic carbocycles. The summed E-state index contributed by atoms with van der Waals surface area (Å²) in [5.41, 5.74) is 0. The van der Waals surface area contributed by atoms with Crippen molar-refractivity contribution in [2.45, 2.75) is 19.8 Å². The summed E-state index contributed by atoms with van der Waals surface area (Å²) in [5.74, 6) is 4.49. The lowest BCUT2D eigenvalue weighted by atomic mass is 10.5. The molecule has 0 aromatic rings. The van der Waals surface area contributed by atoms with Gasteiger partial charge in [-0.3, -0.25) is 4.79 Å². The second-order valence-electron chi connectivity index (χ2n) is 5.13. The summed E-state index contributed by atoms with van der Waals surface area (Å²) in [6.45, 7) is 3.31. The lowest BCUT2D eigenvalue weighted by Gasteiger charge is -2.05. The van der Waals surface area contributed by atoms with E-state index < -0.39 is 0 Å². The maximum Gasteiger partial charge on any atom is 0.306 e. The first-order chi connectivity index (χ1) is 14.8. The molecule has 0 heterocycles. The maximum absolute atomic E-state index is 11.7. The van der Waals surface area contributed by atoms with Crippen LogP contribution in [0.25, 0.3) is 0 Å². The average molecular weight is 575 g/mol. The van der Waals surface area contributed by atoms with Gasteiger partial charge in [-0.2, -0.15) is 35.3 Å². The number of carbonyl (C=O) groups is 1. The van der Waals surface area contributed by atoms with Crippen LogP contribution in [-0.4, -0.2) is 84.6 Å². The molecule has 0 aromatic carbocycles. The minimum absolute atomic E-state index is 0.0792. The van der Waals surface area contributed by atoms with E-state index in [0.29, 0.717) is 25.6 Å². The third kappa shape index (κ3) is 28.2. The van der Waals surface area contributed by atoms with Crippen LogP contribution >= 0.6 is 94.1 Å². The Balaban J connectivity index is 3.12. The molecule has 0 aromatic heterocycles. The molecule has 0 radical (unpaired) electrons. The van der Waals surface area contributed by atoms with Crippen LogP contribution in [-0.2, 0) is 19.3 Å². The summed E-state index contributed by atoms with van der Waals surface area (Å²) >= 11 is 14.3. The molecule has 0 unspecified atom stereocenters. The minimum atomic E-state index is -0.0792. The van der Waals surface area contributed by atoms with Gasteiger partial charge in [-0.25, -0.2) is 9.78 Å². The van der Waals surface area contributed by atoms with E-state index in [9.17, 15) is 4.79 Å². The van der Waals surface area contributed by atoms with Crippen LogP contribution in [0.1, 0.15) is 19.8 Å². The monoisotopic (exact) mass is 574 g/mol. The predicted octanol–water partition coefficient (Wildman–Crippen LogP) is 5.84. The van der Waals surface area contributed by atoms with E-state index in [4.69, 9.17) is 19.6 Å². The molecule has 0 bridgehead atoms. The standard InChI is InChI=1S/C17H34O5S8/c1-2-23-12-29-15-26-9-6-20-17(19)4-8-25-14-30-13-24-7-3-5-21-22-11-28-16-27-10-18/h18H,2-16H2,1H3. The first-order valence-corrected chi connectivity index (χ1v) is 18.7. The van der Waals surface area contributed by atoms with Gasteiger partial charge in [0.2, 0.25) is 0 Å². The van der Waals surface area contributed by atoms with Crippen LogP contribution in [0.5, 0.6) is 0 Å². The van der Waals surface area contributed by atoms with Crippen molar-refractivity contribution >= 4 is 100 Å². The molecule has 30 heavy (non-hydrogen) atoms. The second kappa shape index (κ2) is 29.2. The average Bonchev–Trinajstić information content (AvgIpc) is 2.75. The Morgan fingerprint density at radius 1 is 0.733 bits per heavy atom. The number of ether oxygens (including phenoxy) is 1. The fraction of sp³-hybridized carbons (Fsp3) is 0.941. The van der Waals surface area contributed by atoms with Gasteiger partial charge in [0.1, 0.15) is 12.5 Å². The molecule has 1 N–H and O–H groups in total. The van der Waals surface area contributed by atoms with Crippen molar-refractivity contribution in [2.24, 2.45) is 0 Å². The van der Waals surface area contributed by atoms with Crippen molar-refractivity contribution in [2.75, 3.05) is 73.5 Å². The largest absolute Gasteiger partial charge is 0.465 e. The fourth-order valence-electron chi connectivity index (χ4n) is 1.48. The van der Waals surface area contributed by atoms with E-state index in [-0.39, 0.29) is 11.9 Å². The molecular formula is C17H34O5S8. The van der Waals surface area contributed by atoms with Crippen molar-refractivity contribution in [3.05, 3.63) is 0 Å². The van der Waals surface area contributed by atoms with E-state index in [2.05, 4.69) is 6.92 Å². The second-order valence-corrected chi connectivity index (χ2v) is 15.4. The van der Waals surface area contributed by atoms with Gasteiger partial charge in [-0.05, 0) is 17.9 Å². The van der Waals surface area contributed by atoms with Crippen molar-refractivity contribution in [1.82, 2.24) is 0 Å². The first kappa shape index (κ1) is 32.1. The Labute approximate surface area is 216 Å². The number of carbonyl (C=O) groups excluding carboxylic acids is 1. The highest BCUT2D eigenvalue weighted by Crippen LogP contribution is 2.19. The lowest BCUT2D eigenvalue weighted by Crippen LogP contribution is -2.08. The summed E-state index contributed by atoms with van der Waals surface area (Å²) < 4.78 is 5.26. The number of hydrogen-bond donors (Lipinski definition) is 1. The van der Waals surface area contributed by atoms with Gasteiger partial charge >= 0.3 is 5.97 Å². The summed E-state index contributed by atoms with van der Waals surface area (Å²) in [5, 5.41) is 13.7. The Morgan fingerprint density at radius 3 is 2.13 bits per heavy atom. The number of rotatable bonds is 25. The molecule has 5 nitrogen and oxygen atoms in total. The first-order valence-electron chi connectivity index (χ1n) is 9.44. The summed E-state index contributed by atoms with van der Waals surface area (Å²) in [7, 11) is 0. The van der Waals surface area contributed by atoms with Gasteiger partial charge in [0.25, 0.3) is 0 Å². The molecule has 0 rings (SSSR count). The van der Waals surface area contributed by atoms with Crippen molar-refractivity contribution in [3.8, 4) is 0 Å². The number of aliphatic hydroxyl groups is 1. The van der Waals surface area contributed by atoms with Gasteiger partial charge in [0, 0.05) is 36.9 Å². The summed E-state index contributed by atoms with van der Waals surface area (Å²) in [4.78, 5) is 21.8. The number of hydrogen-bond acceptors (Lipinski definition) is 13. The highest BCUT2D eigenvalue weighted by Gasteiger charge is 2.03. The lowest BCUT2D eigenvalue weighted by molar-refractivity contribution is -0.278. The maximum atomic E-state index is 11.7. The number of thioether (sulfide) groups is 8. The van der Waals surface area contributed by atoms with Gasteiger partial charge in [0.05, 0.1) is 19.0 Å². The zero-order valence-corrected chi connectivity index (χ0v) is 24.0. The highest BCUT2D eigenvalue weighted by atomic mass is 32.2. The van der Waals surface area contributed by atoms with E-state index in [1.807, 2.05) is 58.8 Å². The number of esters is 1. The van der Waals surface area contributed by atoms with Crippen LogP contribution in [0.15, 0.2) is 0 Å². The van der Waals surface area contributed by atoms with Crippen molar-refractivity contribution in [3.63, 3.8) is 0 Å². The molecule has 0 saturated heterocycles. The topological polar surface area (TPSA) is 65.0 Å². The molecule has 0 spiro atoms. The Bertz CT molecular complexity index is 358. The zero-order chi connectivity index (χ0) is 22.0. The Morgan fingerprint density at radius 2 is 1.40 bits per heavy atom. The van der Waals surface area contributed by atoms with Crippen LogP contribution in [0.4, 0.5) is 0 Å². The molecule has 180 valence electrons. The quantitative estimate of drug-likeness (QED) is 0.0467. The van der Waals surface area contributed by atoms with Crippen molar-refractivity contribution < 1.29 is 24.4 Å². The van der Waals surface area contributed by atoms with Crippen molar-refractivity contribution in [1.29, 1.82) is 0 Å². The van der Waals surface area contributed by atoms with Crippen LogP contribution < -0.4 is 0 Å². The predicted molar refractivity (Wildman–Crippen MR) is 149 cm³/mol. The molecule has 0 atom stereocenters. The minimum Gasteiger partial charge on any atom is -0.465 e. The highest BCUT2D eigenvalue weighted by molar-refractivity contribution is 8.23. The Kier molecular flexibility index (Phi) is 31.3. The van der Waals surface area contributed by atoms with E-state index >= 15 is 0 Å². The van der Waals surface area contributed by atoms with E-state index in [1.165, 1.54) is 17.5 Å². The molecule has 0 aliphatic rings. The van der Waals surface area contributed by atoms with Crippen LogP contribution in [0.2, 0.25) is 0 Å². The van der Waals surface area contributed by atoms with E-state index in [1.54, 1.807) is 23.5 Å². The third-order valence-electron chi connectivity index (χ3n) is 2.80. The molecule has 0 fully saturated rings. The van der Waals surface area contributed by atoms with Gasteiger partial charge in [0.15, 0.2) is 0 Å². The van der Waals surface area contributed by atoms with Gasteiger partial charge in [-0.1, -0.05) is 6.92 Å². The molecular weight excluding hydrogens is 541 g/mol. The third-order valence-corrected chi connectivity index (χ3v) is 11.8. The fourth-order valence-corrected chi connectivity index (χ4v) is 9.23.